The van der Waals surface area contributed by atoms with Crippen LogP contribution in [0, 0.1) is 0 Å². The second-order valence-electron chi connectivity index (χ2n) is 2.56. The first kappa shape index (κ1) is 24.0. The van der Waals surface area contributed by atoms with E-state index in [-0.39, 0.29) is 51.3 Å². The average molecular weight is 497 g/mol. The van der Waals surface area contributed by atoms with Gasteiger partial charge in [-0.15, -0.1) is 24.0 Å². The van der Waals surface area contributed by atoms with E-state index in [0.717, 1.165) is 6.54 Å². The Morgan fingerprint density at radius 2 is 1.23 bits per heavy atom. The van der Waals surface area contributed by atoms with Gasteiger partial charge in [0.15, 0.2) is 0 Å². The normalized spacial score (nSPS) is 7.38. The van der Waals surface area contributed by atoms with Gasteiger partial charge in [-0.05, 0) is 20.0 Å². The van der Waals surface area contributed by atoms with Crippen LogP contribution in [0.2, 0.25) is 0 Å². The van der Waals surface area contributed by atoms with Crippen molar-refractivity contribution in [1.82, 2.24) is 0 Å². The first-order valence-electron chi connectivity index (χ1n) is 4.69. The van der Waals surface area contributed by atoms with Gasteiger partial charge >= 0.3 is 27.3 Å². The molecule has 0 aromatic carbocycles. The Kier molecular flexibility index (Phi) is 53.9. The summed E-state index contributed by atoms with van der Waals surface area (Å²) in [5.74, 6) is 0. The maximum absolute atomic E-state index is 5.34. The first-order chi connectivity index (χ1) is 5.41. The molecule has 0 spiro atoms. The van der Waals surface area contributed by atoms with Crippen molar-refractivity contribution >= 4 is 51.3 Å². The van der Waals surface area contributed by atoms with Gasteiger partial charge < -0.3 is 11.5 Å². The Balaban J connectivity index is -0.0000000941. The zero-order valence-corrected chi connectivity index (χ0v) is 17.0. The molecule has 2 radical (unpaired) electrons. The van der Waals surface area contributed by atoms with Gasteiger partial charge in [-0.2, -0.15) is 0 Å². The summed E-state index contributed by atoms with van der Waals surface area (Å²) in [6.07, 6.45) is 8.05. The molecule has 4 heteroatoms. The van der Waals surface area contributed by atoms with Gasteiger partial charge in [0.25, 0.3) is 0 Å². The fourth-order valence-electron chi connectivity index (χ4n) is 0.925. The van der Waals surface area contributed by atoms with Gasteiger partial charge in [-0.3, -0.25) is 0 Å². The summed E-state index contributed by atoms with van der Waals surface area (Å²) in [6.45, 7) is 3.11. The van der Waals surface area contributed by atoms with Crippen molar-refractivity contribution < 1.29 is 0 Å². The van der Waals surface area contributed by atoms with E-state index in [1.165, 1.54) is 45.6 Å². The van der Waals surface area contributed by atoms with Crippen LogP contribution in [0.15, 0.2) is 0 Å². The van der Waals surface area contributed by atoms with Crippen molar-refractivity contribution in [3.63, 3.8) is 0 Å². The molecule has 0 rings (SSSR count). The van der Waals surface area contributed by atoms with Crippen molar-refractivity contribution in [2.45, 2.75) is 45.4 Å². The number of halogens is 1. The third-order valence-electron chi connectivity index (χ3n) is 1.56. The van der Waals surface area contributed by atoms with E-state index < -0.39 is 0 Å². The Bertz CT molecular complexity index is 50.9. The summed E-state index contributed by atoms with van der Waals surface area (Å²) in [4.78, 5) is 0. The molecular weight excluding hydrogens is 470 g/mol. The number of hydrogen-bond donors (Lipinski definition) is 2. The molecule has 84 valence electrons. The van der Waals surface area contributed by atoms with Crippen LogP contribution in [-0.4, -0.2) is 40.9 Å². The first-order valence-corrected chi connectivity index (χ1v) is 4.69. The van der Waals surface area contributed by atoms with Crippen molar-refractivity contribution in [2.75, 3.05) is 13.6 Å². The Labute approximate surface area is 121 Å². The molecule has 0 aliphatic heterocycles. The minimum absolute atomic E-state index is 0. The van der Waals surface area contributed by atoms with Crippen LogP contribution in [0.5, 0.6) is 0 Å². The summed E-state index contributed by atoms with van der Waals surface area (Å²) >= 11 is 0. The van der Waals surface area contributed by atoms with E-state index in [0.29, 0.717) is 0 Å². The molecule has 13 heavy (non-hydrogen) atoms. The van der Waals surface area contributed by atoms with Crippen molar-refractivity contribution in [3.8, 4) is 0 Å². The zero-order valence-electron chi connectivity index (χ0n) is 9.22. The minimum atomic E-state index is 0. The molecule has 0 bridgehead atoms. The van der Waals surface area contributed by atoms with Gasteiger partial charge in [0.1, 0.15) is 0 Å². The molecule has 0 aromatic heterocycles. The van der Waals surface area contributed by atoms with E-state index in [2.05, 4.69) is 12.7 Å². The molecule has 0 unspecified atom stereocenters. The number of unbranched alkanes of at least 4 members (excludes halogenated alkanes) is 5. The second-order valence-corrected chi connectivity index (χ2v) is 2.56. The number of rotatable bonds is 6. The van der Waals surface area contributed by atoms with Crippen molar-refractivity contribution in [3.05, 3.63) is 0 Å². The predicted molar refractivity (Wildman–Crippen MR) is 76.5 cm³/mol. The van der Waals surface area contributed by atoms with Crippen LogP contribution in [0.1, 0.15) is 45.4 Å². The molecule has 0 saturated carbocycles. The molecule has 0 aromatic rings. The monoisotopic (exact) mass is 498 g/mol. The summed E-state index contributed by atoms with van der Waals surface area (Å²) in [5, 5.41) is 0. The topological polar surface area (TPSA) is 52.0 Å². The summed E-state index contributed by atoms with van der Waals surface area (Å²) < 4.78 is 0. The molecule has 0 amide bonds. The van der Waals surface area contributed by atoms with Crippen LogP contribution in [0.3, 0.4) is 0 Å². The van der Waals surface area contributed by atoms with E-state index in [1.54, 1.807) is 0 Å². The zero-order chi connectivity index (χ0) is 8.95. The second kappa shape index (κ2) is 29.2. The maximum atomic E-state index is 5.34. The third-order valence-corrected chi connectivity index (χ3v) is 1.56. The third kappa shape index (κ3) is 31.7. The van der Waals surface area contributed by atoms with Crippen LogP contribution in [-0.2, 0) is 0 Å². The van der Waals surface area contributed by atoms with Crippen LogP contribution < -0.4 is 11.5 Å². The Hall–Kier alpha value is 1.57. The average Bonchev–Trinajstić information content (AvgIpc) is 2.08. The quantitative estimate of drug-likeness (QED) is 0.333. The van der Waals surface area contributed by atoms with E-state index in [9.17, 15) is 0 Å². The molecular formula is C9H27IN2Pb. The van der Waals surface area contributed by atoms with Crippen molar-refractivity contribution in [1.29, 1.82) is 0 Å². The van der Waals surface area contributed by atoms with Gasteiger partial charge in [0.2, 0.25) is 0 Å². The van der Waals surface area contributed by atoms with Crippen LogP contribution in [0.4, 0.5) is 0 Å². The SMILES string of the molecule is CCCCCCCCN.CN.I.[PbH2]. The fourth-order valence-corrected chi connectivity index (χ4v) is 0.925. The standard InChI is InChI=1S/C8H19N.CH5N.HI.Pb.2H/c1-2-3-4-5-6-7-8-9;1-2;;;;/h2-9H2,1H3;2H2,1H3;1H;;;. The van der Waals surface area contributed by atoms with E-state index in [1.807, 2.05) is 0 Å². The van der Waals surface area contributed by atoms with Gasteiger partial charge in [0, 0.05) is 0 Å². The molecule has 0 fully saturated rings. The van der Waals surface area contributed by atoms with Crippen molar-refractivity contribution in [2.24, 2.45) is 11.5 Å². The van der Waals surface area contributed by atoms with Crippen LogP contribution in [0.25, 0.3) is 0 Å². The van der Waals surface area contributed by atoms with Gasteiger partial charge in [-0.25, -0.2) is 0 Å². The predicted octanol–water partition coefficient (Wildman–Crippen LogP) is 1.58. The van der Waals surface area contributed by atoms with Gasteiger partial charge in [-0.1, -0.05) is 39.0 Å². The Morgan fingerprint density at radius 3 is 1.62 bits per heavy atom. The molecule has 0 aliphatic carbocycles. The molecule has 0 atom stereocenters. The molecule has 4 N–H and O–H groups in total. The Morgan fingerprint density at radius 1 is 0.846 bits per heavy atom. The summed E-state index contributed by atoms with van der Waals surface area (Å²) in [7, 11) is 1.50. The van der Waals surface area contributed by atoms with E-state index >= 15 is 0 Å². The summed E-state index contributed by atoms with van der Waals surface area (Å²) in [6, 6.07) is 0. The molecule has 0 aliphatic rings. The molecule has 0 saturated heterocycles. The fraction of sp³-hybridized carbons (Fsp3) is 1.00. The number of hydrogen-bond acceptors (Lipinski definition) is 2. The molecule has 2 nitrogen and oxygen atoms in total. The van der Waals surface area contributed by atoms with Crippen LogP contribution >= 0.6 is 24.0 Å². The van der Waals surface area contributed by atoms with Gasteiger partial charge in [0.05, 0.1) is 0 Å². The number of nitrogens with two attached hydrogens (primary N) is 2. The summed E-state index contributed by atoms with van der Waals surface area (Å²) in [5.41, 5.74) is 9.84. The van der Waals surface area contributed by atoms with E-state index in [4.69, 9.17) is 5.73 Å². The molecule has 0 heterocycles.